The second-order valence-electron chi connectivity index (χ2n) is 3.00. The van der Waals surface area contributed by atoms with Crippen molar-refractivity contribution in [1.29, 1.82) is 0 Å². The minimum atomic E-state index is -0.425. The largest absolute Gasteiger partial charge is 0.508 e. The fourth-order valence-corrected chi connectivity index (χ4v) is 1.12. The van der Waals surface area contributed by atoms with Crippen LogP contribution >= 0.6 is 0 Å². The van der Waals surface area contributed by atoms with Crippen LogP contribution in [0.2, 0.25) is 0 Å². The van der Waals surface area contributed by atoms with E-state index < -0.39 is 5.82 Å². The fourth-order valence-electron chi connectivity index (χ4n) is 1.12. The summed E-state index contributed by atoms with van der Waals surface area (Å²) in [6.45, 7) is 1.84. The van der Waals surface area contributed by atoms with Gasteiger partial charge in [0.15, 0.2) is 0 Å². The maximum atomic E-state index is 12.7. The molecule has 66 valence electrons. The zero-order chi connectivity index (χ0) is 9.14. The number of hydrogen-bond acceptors (Lipinski definition) is 2. The average Bonchev–Trinajstić information content (AvgIpc) is 1.81. The van der Waals surface area contributed by atoms with E-state index in [1.807, 2.05) is 6.92 Å². The van der Waals surface area contributed by atoms with E-state index >= 15 is 0 Å². The minimum Gasteiger partial charge on any atom is -0.508 e. The standard InChI is InChI=1S/C9H12FNO/c1-6(11)2-7-3-8(10)5-9(12)4-7/h3-6,12H,2,11H2,1H3/t6-/m0/s1. The van der Waals surface area contributed by atoms with Crippen molar-refractivity contribution in [3.8, 4) is 5.75 Å². The summed E-state index contributed by atoms with van der Waals surface area (Å²) in [5.74, 6) is -0.476. The normalized spacial score (nSPS) is 12.9. The van der Waals surface area contributed by atoms with Crippen LogP contribution in [0.3, 0.4) is 0 Å². The monoisotopic (exact) mass is 169 g/mol. The van der Waals surface area contributed by atoms with E-state index in [0.29, 0.717) is 6.42 Å². The van der Waals surface area contributed by atoms with E-state index in [2.05, 4.69) is 0 Å². The molecule has 0 aliphatic carbocycles. The van der Waals surface area contributed by atoms with Crippen LogP contribution in [0.5, 0.6) is 5.75 Å². The van der Waals surface area contributed by atoms with E-state index in [0.717, 1.165) is 11.6 Å². The van der Waals surface area contributed by atoms with Crippen LogP contribution in [0.1, 0.15) is 12.5 Å². The van der Waals surface area contributed by atoms with Crippen molar-refractivity contribution in [2.24, 2.45) is 5.73 Å². The lowest BCUT2D eigenvalue weighted by atomic mass is 10.1. The van der Waals surface area contributed by atoms with E-state index in [9.17, 15) is 4.39 Å². The maximum absolute atomic E-state index is 12.7. The van der Waals surface area contributed by atoms with Gasteiger partial charge in [0.05, 0.1) is 0 Å². The zero-order valence-corrected chi connectivity index (χ0v) is 6.92. The van der Waals surface area contributed by atoms with Gasteiger partial charge < -0.3 is 10.8 Å². The van der Waals surface area contributed by atoms with Crippen LogP contribution in [0.4, 0.5) is 4.39 Å². The lowest BCUT2D eigenvalue weighted by Crippen LogP contribution is -2.17. The number of hydrogen-bond donors (Lipinski definition) is 2. The molecule has 3 N–H and O–H groups in total. The Balaban J connectivity index is 2.85. The first-order chi connectivity index (χ1) is 5.58. The first-order valence-corrected chi connectivity index (χ1v) is 3.82. The predicted molar refractivity (Wildman–Crippen MR) is 45.4 cm³/mol. The molecule has 0 saturated heterocycles. The first kappa shape index (κ1) is 9.00. The highest BCUT2D eigenvalue weighted by Crippen LogP contribution is 2.15. The van der Waals surface area contributed by atoms with Gasteiger partial charge in [-0.2, -0.15) is 0 Å². The Hall–Kier alpha value is -1.09. The molecule has 0 radical (unpaired) electrons. The van der Waals surface area contributed by atoms with E-state index in [1.165, 1.54) is 12.1 Å². The number of aromatic hydroxyl groups is 1. The van der Waals surface area contributed by atoms with Crippen LogP contribution in [-0.2, 0) is 6.42 Å². The molecule has 0 aliphatic heterocycles. The summed E-state index contributed by atoms with van der Waals surface area (Å²) in [5, 5.41) is 9.03. The van der Waals surface area contributed by atoms with Gasteiger partial charge in [0.25, 0.3) is 0 Å². The highest BCUT2D eigenvalue weighted by atomic mass is 19.1. The number of phenolic OH excluding ortho intramolecular Hbond substituents is 1. The molecule has 0 aliphatic rings. The molecule has 0 aromatic heterocycles. The summed E-state index contributed by atoms with van der Waals surface area (Å²) in [5.41, 5.74) is 6.25. The number of benzene rings is 1. The first-order valence-electron chi connectivity index (χ1n) is 3.82. The third kappa shape index (κ3) is 2.51. The molecule has 1 rings (SSSR count). The summed E-state index contributed by atoms with van der Waals surface area (Å²) < 4.78 is 12.7. The van der Waals surface area contributed by atoms with E-state index in [1.54, 1.807) is 0 Å². The van der Waals surface area contributed by atoms with Crippen molar-refractivity contribution in [1.82, 2.24) is 0 Å². The summed E-state index contributed by atoms with van der Waals surface area (Å²) in [7, 11) is 0. The Bertz CT molecular complexity index is 253. The molecule has 2 nitrogen and oxygen atoms in total. The summed E-state index contributed by atoms with van der Waals surface area (Å²) in [4.78, 5) is 0. The third-order valence-corrected chi connectivity index (χ3v) is 1.50. The van der Waals surface area contributed by atoms with Crippen LogP contribution in [-0.4, -0.2) is 11.1 Å². The van der Waals surface area contributed by atoms with Crippen LogP contribution in [0.25, 0.3) is 0 Å². The molecule has 1 aromatic carbocycles. The van der Waals surface area contributed by atoms with Gasteiger partial charge in [0, 0.05) is 12.1 Å². The Morgan fingerprint density at radius 2 is 2.17 bits per heavy atom. The van der Waals surface area contributed by atoms with Crippen LogP contribution < -0.4 is 5.73 Å². The minimum absolute atomic E-state index is 0.0220. The number of nitrogens with two attached hydrogens (primary N) is 1. The molecule has 0 heterocycles. The van der Waals surface area contributed by atoms with E-state index in [-0.39, 0.29) is 11.8 Å². The highest BCUT2D eigenvalue weighted by Gasteiger charge is 2.01. The predicted octanol–water partition coefficient (Wildman–Crippen LogP) is 1.42. The second-order valence-corrected chi connectivity index (χ2v) is 3.00. The topological polar surface area (TPSA) is 46.2 Å². The Morgan fingerprint density at radius 1 is 1.50 bits per heavy atom. The van der Waals surface area contributed by atoms with Gasteiger partial charge >= 0.3 is 0 Å². The van der Waals surface area contributed by atoms with Gasteiger partial charge in [-0.25, -0.2) is 4.39 Å². The Morgan fingerprint density at radius 3 is 2.67 bits per heavy atom. The second kappa shape index (κ2) is 3.54. The average molecular weight is 169 g/mol. The molecule has 0 bridgehead atoms. The van der Waals surface area contributed by atoms with Crippen molar-refractivity contribution in [2.75, 3.05) is 0 Å². The van der Waals surface area contributed by atoms with Crippen molar-refractivity contribution >= 4 is 0 Å². The lowest BCUT2D eigenvalue weighted by molar-refractivity contribution is 0.467. The van der Waals surface area contributed by atoms with Crippen LogP contribution in [0.15, 0.2) is 18.2 Å². The Kier molecular flexibility index (Phi) is 2.65. The number of phenols is 1. The molecular weight excluding hydrogens is 157 g/mol. The molecule has 3 heteroatoms. The Labute approximate surface area is 70.8 Å². The smallest absolute Gasteiger partial charge is 0.127 e. The molecule has 1 atom stereocenters. The van der Waals surface area contributed by atoms with Gasteiger partial charge in [0.2, 0.25) is 0 Å². The van der Waals surface area contributed by atoms with Crippen molar-refractivity contribution < 1.29 is 9.50 Å². The SMILES string of the molecule is C[C@H](N)Cc1cc(O)cc(F)c1. The molecule has 0 spiro atoms. The molecule has 12 heavy (non-hydrogen) atoms. The van der Waals surface area contributed by atoms with Gasteiger partial charge in [-0.1, -0.05) is 0 Å². The summed E-state index contributed by atoms with van der Waals surface area (Å²) in [6.07, 6.45) is 0.575. The third-order valence-electron chi connectivity index (χ3n) is 1.50. The molecule has 0 unspecified atom stereocenters. The summed E-state index contributed by atoms with van der Waals surface area (Å²) >= 11 is 0. The van der Waals surface area contributed by atoms with Crippen molar-refractivity contribution in [3.63, 3.8) is 0 Å². The van der Waals surface area contributed by atoms with Gasteiger partial charge in [-0.05, 0) is 31.0 Å². The van der Waals surface area contributed by atoms with Crippen LogP contribution in [0, 0.1) is 5.82 Å². The van der Waals surface area contributed by atoms with Gasteiger partial charge in [0.1, 0.15) is 11.6 Å². The van der Waals surface area contributed by atoms with E-state index in [4.69, 9.17) is 10.8 Å². The number of rotatable bonds is 2. The van der Waals surface area contributed by atoms with Crippen molar-refractivity contribution in [2.45, 2.75) is 19.4 Å². The van der Waals surface area contributed by atoms with Gasteiger partial charge in [-0.3, -0.25) is 0 Å². The van der Waals surface area contributed by atoms with Crippen molar-refractivity contribution in [3.05, 3.63) is 29.6 Å². The quantitative estimate of drug-likeness (QED) is 0.703. The zero-order valence-electron chi connectivity index (χ0n) is 6.92. The highest BCUT2D eigenvalue weighted by molar-refractivity contribution is 5.28. The molecule has 0 fully saturated rings. The summed E-state index contributed by atoms with van der Waals surface area (Å²) in [6, 6.07) is 3.95. The fraction of sp³-hybridized carbons (Fsp3) is 0.333. The lowest BCUT2D eigenvalue weighted by Gasteiger charge is -2.05. The maximum Gasteiger partial charge on any atom is 0.127 e. The molecule has 0 saturated carbocycles. The number of halogens is 1. The molecule has 0 amide bonds. The van der Waals surface area contributed by atoms with Gasteiger partial charge in [-0.15, -0.1) is 0 Å². The molecule has 1 aromatic rings. The molecular formula is C9H12FNO.